The van der Waals surface area contributed by atoms with Gasteiger partial charge in [-0.2, -0.15) is 0 Å². The Morgan fingerprint density at radius 2 is 2.07 bits per heavy atom. The molecule has 2 heterocycles. The summed E-state index contributed by atoms with van der Waals surface area (Å²) in [5, 5.41) is 8.07. The summed E-state index contributed by atoms with van der Waals surface area (Å²) in [6.45, 7) is 8.35. The molecule has 1 aliphatic rings. The molecular formula is C21H32IN5S. The number of aromatic nitrogens is 1. The Labute approximate surface area is 190 Å². The molecule has 2 aromatic rings. The molecule has 0 bridgehead atoms. The van der Waals surface area contributed by atoms with Crippen molar-refractivity contribution in [2.24, 2.45) is 4.99 Å². The van der Waals surface area contributed by atoms with Crippen molar-refractivity contribution in [3.63, 3.8) is 0 Å². The van der Waals surface area contributed by atoms with Gasteiger partial charge in [-0.15, -0.1) is 35.3 Å². The molecule has 1 aromatic heterocycles. The van der Waals surface area contributed by atoms with Crippen molar-refractivity contribution in [2.75, 3.05) is 26.7 Å². The highest BCUT2D eigenvalue weighted by Crippen LogP contribution is 2.20. The highest BCUT2D eigenvalue weighted by atomic mass is 127. The van der Waals surface area contributed by atoms with Crippen LogP contribution in [0.15, 0.2) is 35.5 Å². The fourth-order valence-corrected chi connectivity index (χ4v) is 4.26. The number of hydrogen-bond acceptors (Lipinski definition) is 4. The zero-order valence-corrected chi connectivity index (χ0v) is 20.2. The minimum absolute atomic E-state index is 0. The first-order valence-corrected chi connectivity index (χ1v) is 10.7. The Hall–Kier alpha value is -1.19. The van der Waals surface area contributed by atoms with E-state index < -0.39 is 0 Å². The summed E-state index contributed by atoms with van der Waals surface area (Å²) in [6, 6.07) is 9.26. The Kier molecular flexibility index (Phi) is 9.67. The molecule has 3 rings (SSSR count). The van der Waals surface area contributed by atoms with Gasteiger partial charge in [0.05, 0.1) is 5.01 Å². The van der Waals surface area contributed by atoms with Crippen LogP contribution in [0.5, 0.6) is 0 Å². The van der Waals surface area contributed by atoms with Crippen LogP contribution < -0.4 is 10.6 Å². The highest BCUT2D eigenvalue weighted by Gasteiger charge is 2.20. The average molecular weight is 513 g/mol. The molecule has 154 valence electrons. The van der Waals surface area contributed by atoms with Gasteiger partial charge in [0.2, 0.25) is 0 Å². The summed E-state index contributed by atoms with van der Waals surface area (Å²) in [5.74, 6) is 0.867. The number of hydrogen-bond donors (Lipinski definition) is 2. The highest BCUT2D eigenvalue weighted by molar-refractivity contribution is 14.0. The maximum Gasteiger partial charge on any atom is 0.191 e. The van der Waals surface area contributed by atoms with Crippen molar-refractivity contribution < 1.29 is 0 Å². The van der Waals surface area contributed by atoms with E-state index in [2.05, 4.69) is 63.6 Å². The Balaban J connectivity index is 0.00000280. The molecule has 0 aliphatic carbocycles. The number of fused-ring (bicyclic) bond motifs is 1. The molecule has 1 unspecified atom stereocenters. The number of thiazole rings is 1. The van der Waals surface area contributed by atoms with Crippen LogP contribution in [-0.2, 0) is 25.8 Å². The largest absolute Gasteiger partial charge is 0.356 e. The molecule has 0 amide bonds. The van der Waals surface area contributed by atoms with Crippen LogP contribution in [0.25, 0.3) is 0 Å². The van der Waals surface area contributed by atoms with E-state index in [1.807, 2.05) is 13.2 Å². The topological polar surface area (TPSA) is 52.6 Å². The third-order valence-electron chi connectivity index (χ3n) is 5.15. The van der Waals surface area contributed by atoms with Crippen molar-refractivity contribution in [2.45, 2.75) is 45.7 Å². The summed E-state index contributed by atoms with van der Waals surface area (Å²) in [7, 11) is 1.83. The molecule has 0 spiro atoms. The first kappa shape index (κ1) is 23.1. The monoisotopic (exact) mass is 513 g/mol. The molecule has 5 nitrogen and oxygen atoms in total. The zero-order valence-electron chi connectivity index (χ0n) is 17.1. The van der Waals surface area contributed by atoms with E-state index in [1.165, 1.54) is 21.0 Å². The summed E-state index contributed by atoms with van der Waals surface area (Å²) >= 11 is 1.81. The predicted octanol–water partition coefficient (Wildman–Crippen LogP) is 3.48. The molecule has 0 saturated heterocycles. The van der Waals surface area contributed by atoms with E-state index >= 15 is 0 Å². The van der Waals surface area contributed by atoms with Crippen LogP contribution in [0, 0.1) is 0 Å². The Morgan fingerprint density at radius 1 is 1.29 bits per heavy atom. The number of rotatable bonds is 7. The molecule has 2 N–H and O–H groups in total. The standard InChI is InChI=1S/C21H31N5S.HI/c1-4-19-14-24-20(27-19)9-11-23-21(22-3)25-13-16(2)26-12-10-17-7-5-6-8-18(17)15-26;/h5-8,14,16H,4,9-13,15H2,1-3H3,(H2,22,23,25);1H. The maximum absolute atomic E-state index is 4.48. The van der Waals surface area contributed by atoms with E-state index in [1.54, 1.807) is 11.3 Å². The first-order valence-electron chi connectivity index (χ1n) is 9.88. The van der Waals surface area contributed by atoms with Crippen LogP contribution >= 0.6 is 35.3 Å². The van der Waals surface area contributed by atoms with Gasteiger partial charge in [-0.25, -0.2) is 4.98 Å². The van der Waals surface area contributed by atoms with Crippen molar-refractivity contribution >= 4 is 41.3 Å². The number of aliphatic imine (C=N–C) groups is 1. The molecule has 1 atom stereocenters. The normalized spacial score (nSPS) is 15.5. The second kappa shape index (κ2) is 11.7. The SMILES string of the molecule is CCc1cnc(CCNC(=NC)NCC(C)N2CCc3ccccc3C2)s1.I. The average Bonchev–Trinajstić information content (AvgIpc) is 3.18. The van der Waals surface area contributed by atoms with Crippen LogP contribution in [0.1, 0.15) is 34.9 Å². The van der Waals surface area contributed by atoms with Gasteiger partial charge in [0.15, 0.2) is 5.96 Å². The molecule has 0 radical (unpaired) electrons. The van der Waals surface area contributed by atoms with E-state index in [0.29, 0.717) is 6.04 Å². The van der Waals surface area contributed by atoms with Crippen LogP contribution in [0.2, 0.25) is 0 Å². The lowest BCUT2D eigenvalue weighted by Crippen LogP contribution is -2.47. The second-order valence-corrected chi connectivity index (χ2v) is 8.24. The Bertz CT molecular complexity index is 761. The van der Waals surface area contributed by atoms with Gasteiger partial charge in [0, 0.05) is 56.8 Å². The summed E-state index contributed by atoms with van der Waals surface area (Å²) in [6.07, 6.45) is 5.13. The minimum atomic E-state index is 0. The summed E-state index contributed by atoms with van der Waals surface area (Å²) < 4.78 is 0. The molecule has 28 heavy (non-hydrogen) atoms. The fourth-order valence-electron chi connectivity index (χ4n) is 3.40. The van der Waals surface area contributed by atoms with Crippen LogP contribution in [0.4, 0.5) is 0 Å². The molecule has 7 heteroatoms. The molecule has 1 aromatic carbocycles. The van der Waals surface area contributed by atoms with Gasteiger partial charge in [-0.1, -0.05) is 31.2 Å². The van der Waals surface area contributed by atoms with Crippen molar-refractivity contribution in [1.82, 2.24) is 20.5 Å². The van der Waals surface area contributed by atoms with E-state index in [-0.39, 0.29) is 24.0 Å². The van der Waals surface area contributed by atoms with Crippen molar-refractivity contribution in [3.05, 3.63) is 51.5 Å². The number of guanidine groups is 1. The second-order valence-electron chi connectivity index (χ2n) is 7.04. The third-order valence-corrected chi connectivity index (χ3v) is 6.35. The van der Waals surface area contributed by atoms with Gasteiger partial charge < -0.3 is 10.6 Å². The molecule has 0 saturated carbocycles. The quantitative estimate of drug-likeness (QED) is 0.338. The predicted molar refractivity (Wildman–Crippen MR) is 130 cm³/mol. The molecule has 1 aliphatic heterocycles. The van der Waals surface area contributed by atoms with Gasteiger partial charge >= 0.3 is 0 Å². The lowest BCUT2D eigenvalue weighted by molar-refractivity contribution is 0.191. The molecular weight excluding hydrogens is 481 g/mol. The number of nitrogens with zero attached hydrogens (tertiary/aromatic N) is 3. The minimum Gasteiger partial charge on any atom is -0.356 e. The van der Waals surface area contributed by atoms with E-state index in [0.717, 1.165) is 51.4 Å². The van der Waals surface area contributed by atoms with Gasteiger partial charge in [-0.3, -0.25) is 9.89 Å². The van der Waals surface area contributed by atoms with E-state index in [4.69, 9.17) is 0 Å². The van der Waals surface area contributed by atoms with Gasteiger partial charge in [0.25, 0.3) is 0 Å². The number of benzene rings is 1. The van der Waals surface area contributed by atoms with E-state index in [9.17, 15) is 0 Å². The maximum atomic E-state index is 4.48. The van der Waals surface area contributed by atoms with Crippen LogP contribution in [0.3, 0.4) is 0 Å². The molecule has 0 fully saturated rings. The number of aryl methyl sites for hydroxylation is 1. The van der Waals surface area contributed by atoms with Gasteiger partial charge in [0.1, 0.15) is 0 Å². The number of halogens is 1. The fraction of sp³-hybridized carbons (Fsp3) is 0.524. The van der Waals surface area contributed by atoms with Crippen LogP contribution in [-0.4, -0.2) is 48.6 Å². The summed E-state index contributed by atoms with van der Waals surface area (Å²) in [4.78, 5) is 12.7. The number of nitrogens with one attached hydrogen (secondary N) is 2. The Morgan fingerprint density at radius 3 is 2.79 bits per heavy atom. The smallest absolute Gasteiger partial charge is 0.191 e. The summed E-state index contributed by atoms with van der Waals surface area (Å²) in [5.41, 5.74) is 2.97. The zero-order chi connectivity index (χ0) is 19.1. The first-order chi connectivity index (χ1) is 13.2. The lowest BCUT2D eigenvalue weighted by atomic mass is 9.99. The third kappa shape index (κ3) is 6.42. The van der Waals surface area contributed by atoms with Crippen molar-refractivity contribution in [3.8, 4) is 0 Å². The lowest BCUT2D eigenvalue weighted by Gasteiger charge is -2.34. The van der Waals surface area contributed by atoms with Crippen molar-refractivity contribution in [1.29, 1.82) is 0 Å². The van der Waals surface area contributed by atoms with Gasteiger partial charge in [-0.05, 0) is 30.9 Å².